The van der Waals surface area contributed by atoms with Gasteiger partial charge in [-0.3, -0.25) is 0 Å². The van der Waals surface area contributed by atoms with Gasteiger partial charge in [-0.15, -0.1) is 0 Å². The Morgan fingerprint density at radius 2 is 2.35 bits per heavy atom. The first-order valence-electron chi connectivity index (χ1n) is 7.14. The molecule has 0 aromatic carbocycles. The fourth-order valence-corrected chi connectivity index (χ4v) is 3.06. The second-order valence-electron chi connectivity index (χ2n) is 5.86. The van der Waals surface area contributed by atoms with E-state index < -0.39 is 5.60 Å². The Hall–Kier alpha value is -1.60. The van der Waals surface area contributed by atoms with E-state index in [1.165, 1.54) is 0 Å². The Labute approximate surface area is 118 Å². The number of piperidine rings is 1. The molecule has 0 spiro atoms. The van der Waals surface area contributed by atoms with Crippen LogP contribution in [0.2, 0.25) is 0 Å². The van der Waals surface area contributed by atoms with E-state index >= 15 is 0 Å². The zero-order valence-corrected chi connectivity index (χ0v) is 12.0. The van der Waals surface area contributed by atoms with Crippen LogP contribution in [0.5, 0.6) is 0 Å². The molecule has 3 heterocycles. The summed E-state index contributed by atoms with van der Waals surface area (Å²) in [6.45, 7) is 5.42. The largest absolute Gasteiger partial charge is 0.388 e. The number of nitrogens with two attached hydrogens (primary N) is 1. The Morgan fingerprint density at radius 3 is 3.05 bits per heavy atom. The van der Waals surface area contributed by atoms with Gasteiger partial charge in [0.05, 0.1) is 11.2 Å². The first kappa shape index (κ1) is 13.4. The third-order valence-electron chi connectivity index (χ3n) is 4.01. The molecule has 5 N–H and O–H groups in total. The average Bonchev–Trinajstić information content (AvgIpc) is 2.79. The van der Waals surface area contributed by atoms with Crippen LogP contribution in [0.3, 0.4) is 0 Å². The summed E-state index contributed by atoms with van der Waals surface area (Å²) in [6.07, 6.45) is 2.46. The van der Waals surface area contributed by atoms with Crippen molar-refractivity contribution in [3.05, 3.63) is 11.3 Å². The van der Waals surface area contributed by atoms with E-state index in [2.05, 4.69) is 32.7 Å². The second kappa shape index (κ2) is 4.75. The molecule has 0 radical (unpaired) electrons. The highest BCUT2D eigenvalue weighted by Crippen LogP contribution is 2.27. The topological polar surface area (TPSA) is 98.3 Å². The van der Waals surface area contributed by atoms with Gasteiger partial charge in [-0.2, -0.15) is 4.99 Å². The maximum Gasteiger partial charge on any atom is 0.219 e. The molecule has 1 saturated heterocycles. The minimum atomic E-state index is -0.675. The van der Waals surface area contributed by atoms with Crippen LogP contribution in [-0.2, 0) is 0 Å². The lowest BCUT2D eigenvalue weighted by Crippen LogP contribution is -2.51. The van der Waals surface area contributed by atoms with E-state index in [4.69, 9.17) is 5.73 Å². The van der Waals surface area contributed by atoms with Gasteiger partial charge in [0.1, 0.15) is 5.84 Å². The molecule has 3 rings (SSSR count). The number of nitrogens with one attached hydrogen (secondary N) is 2. The summed E-state index contributed by atoms with van der Waals surface area (Å²) < 4.78 is 0. The number of aliphatic imine (C=N–C) groups is 2. The van der Waals surface area contributed by atoms with E-state index in [0.29, 0.717) is 6.54 Å². The summed E-state index contributed by atoms with van der Waals surface area (Å²) in [4.78, 5) is 10.9. The lowest BCUT2D eigenvalue weighted by molar-refractivity contribution is 0.00571. The molecular weight excluding hydrogens is 256 g/mol. The minimum absolute atomic E-state index is 0.177. The number of hydrogen-bond acceptors (Lipinski definition) is 7. The Kier molecular flexibility index (Phi) is 3.18. The smallest absolute Gasteiger partial charge is 0.219 e. The molecule has 0 saturated carbocycles. The van der Waals surface area contributed by atoms with Gasteiger partial charge in [-0.1, -0.05) is 6.92 Å². The van der Waals surface area contributed by atoms with Gasteiger partial charge < -0.3 is 21.2 Å². The molecule has 3 aliphatic rings. The number of allylic oxidation sites excluding steroid dienone is 1. The van der Waals surface area contributed by atoms with E-state index in [9.17, 15) is 5.11 Å². The molecule has 110 valence electrons. The highest BCUT2D eigenvalue weighted by atomic mass is 16.3. The number of hydrazine groups is 1. The first-order chi connectivity index (χ1) is 9.50. The Morgan fingerprint density at radius 1 is 1.55 bits per heavy atom. The molecule has 0 aromatic heterocycles. The summed E-state index contributed by atoms with van der Waals surface area (Å²) in [7, 11) is 0. The Balaban J connectivity index is 1.95. The zero-order chi connectivity index (χ0) is 14.3. The van der Waals surface area contributed by atoms with Crippen LogP contribution in [0, 0.1) is 0 Å². The second-order valence-corrected chi connectivity index (χ2v) is 5.86. The van der Waals surface area contributed by atoms with E-state index in [1.54, 1.807) is 0 Å². The molecule has 1 unspecified atom stereocenters. The molecule has 0 bridgehead atoms. The van der Waals surface area contributed by atoms with Crippen molar-refractivity contribution in [2.24, 2.45) is 15.7 Å². The molecule has 0 aliphatic carbocycles. The van der Waals surface area contributed by atoms with Gasteiger partial charge in [-0.25, -0.2) is 10.4 Å². The van der Waals surface area contributed by atoms with Crippen molar-refractivity contribution in [2.75, 3.05) is 13.1 Å². The van der Waals surface area contributed by atoms with Crippen LogP contribution in [-0.4, -0.2) is 46.7 Å². The van der Waals surface area contributed by atoms with Crippen molar-refractivity contribution >= 4 is 11.8 Å². The number of rotatable bonds is 1. The lowest BCUT2D eigenvalue weighted by atomic mass is 9.94. The molecule has 1 fully saturated rings. The molecule has 20 heavy (non-hydrogen) atoms. The van der Waals surface area contributed by atoms with E-state index in [1.807, 2.05) is 6.92 Å². The molecule has 7 nitrogen and oxygen atoms in total. The maximum atomic E-state index is 10.3. The van der Waals surface area contributed by atoms with Gasteiger partial charge >= 0.3 is 0 Å². The summed E-state index contributed by atoms with van der Waals surface area (Å²) in [5.41, 5.74) is 13.6. The van der Waals surface area contributed by atoms with E-state index in [-0.39, 0.29) is 12.1 Å². The minimum Gasteiger partial charge on any atom is -0.388 e. The standard InChI is InChI=1S/C13H22N6O/c1-3-8-9-10(18-17-8)15-12(14)16-11(9)19-6-4-5-13(2,20)7-19/h10,17-18,20H,3-7H2,1-2H3,(H2,14,15)/t10?,13-/m0/s1. The van der Waals surface area contributed by atoms with Crippen molar-refractivity contribution in [3.8, 4) is 0 Å². The predicted molar refractivity (Wildman–Crippen MR) is 77.9 cm³/mol. The summed E-state index contributed by atoms with van der Waals surface area (Å²) >= 11 is 0. The molecule has 7 heteroatoms. The number of hydrogen-bond donors (Lipinski definition) is 4. The van der Waals surface area contributed by atoms with Gasteiger partial charge in [0.15, 0.2) is 6.17 Å². The summed E-state index contributed by atoms with van der Waals surface area (Å²) in [5.74, 6) is 1.13. The normalized spacial score (nSPS) is 33.5. The van der Waals surface area contributed by atoms with Crippen LogP contribution >= 0.6 is 0 Å². The van der Waals surface area contributed by atoms with Crippen molar-refractivity contribution < 1.29 is 5.11 Å². The van der Waals surface area contributed by atoms with Gasteiger partial charge in [-0.05, 0) is 26.2 Å². The van der Waals surface area contributed by atoms with Gasteiger partial charge in [0.25, 0.3) is 0 Å². The number of aliphatic hydroxyl groups is 1. The summed E-state index contributed by atoms with van der Waals surface area (Å²) in [6, 6.07) is 0. The molecular formula is C13H22N6O. The Bertz CT molecular complexity index is 507. The van der Waals surface area contributed by atoms with Crippen molar-refractivity contribution in [1.82, 2.24) is 15.8 Å². The third kappa shape index (κ3) is 2.27. The zero-order valence-electron chi connectivity index (χ0n) is 12.0. The number of fused-ring (bicyclic) bond motifs is 1. The number of amidine groups is 1. The quantitative estimate of drug-likeness (QED) is 0.526. The maximum absolute atomic E-state index is 10.3. The van der Waals surface area contributed by atoms with Crippen LogP contribution in [0.15, 0.2) is 21.3 Å². The molecule has 3 aliphatic heterocycles. The van der Waals surface area contributed by atoms with Crippen LogP contribution in [0.1, 0.15) is 33.1 Å². The number of β-amino-alcohol motifs (C(OH)–C–C–N with tert-alkyl or cyclic N) is 1. The number of guanidine groups is 1. The highest BCUT2D eigenvalue weighted by molar-refractivity contribution is 6.08. The highest BCUT2D eigenvalue weighted by Gasteiger charge is 2.37. The molecule has 0 amide bonds. The predicted octanol–water partition coefficient (Wildman–Crippen LogP) is -0.342. The summed E-state index contributed by atoms with van der Waals surface area (Å²) in [5, 5.41) is 10.3. The van der Waals surface area contributed by atoms with Crippen LogP contribution in [0.25, 0.3) is 0 Å². The van der Waals surface area contributed by atoms with Crippen LogP contribution in [0.4, 0.5) is 0 Å². The number of likely N-dealkylation sites (tertiary alicyclic amines) is 1. The van der Waals surface area contributed by atoms with Gasteiger partial charge in [0, 0.05) is 18.8 Å². The van der Waals surface area contributed by atoms with E-state index in [0.717, 1.165) is 42.9 Å². The molecule has 0 aromatic rings. The van der Waals surface area contributed by atoms with Crippen LogP contribution < -0.4 is 16.6 Å². The fourth-order valence-electron chi connectivity index (χ4n) is 3.06. The first-order valence-corrected chi connectivity index (χ1v) is 7.14. The van der Waals surface area contributed by atoms with Crippen molar-refractivity contribution in [2.45, 2.75) is 44.9 Å². The SMILES string of the molecule is CCC1=C2C(N3CCC[C@](C)(O)C3)=NC(N)=NC2NN1. The average molecular weight is 278 g/mol. The van der Waals surface area contributed by atoms with Gasteiger partial charge in [0.2, 0.25) is 5.96 Å². The number of nitrogens with zero attached hydrogens (tertiary/aromatic N) is 3. The van der Waals surface area contributed by atoms with Crippen molar-refractivity contribution in [3.63, 3.8) is 0 Å². The molecule has 2 atom stereocenters. The van der Waals surface area contributed by atoms with Crippen molar-refractivity contribution in [1.29, 1.82) is 0 Å². The lowest BCUT2D eigenvalue weighted by Gasteiger charge is -2.39. The monoisotopic (exact) mass is 278 g/mol. The fraction of sp³-hybridized carbons (Fsp3) is 0.692. The third-order valence-corrected chi connectivity index (χ3v) is 4.01.